The molecule has 1 fully saturated rings. The van der Waals surface area contributed by atoms with Crippen LogP contribution in [0.1, 0.15) is 45.1 Å². The van der Waals surface area contributed by atoms with Crippen LogP contribution < -0.4 is 5.32 Å². The van der Waals surface area contributed by atoms with Crippen LogP contribution in [0.25, 0.3) is 0 Å². The SMILES string of the molecule is CCCNCC(Cc1ccc(F)cc1)CC1CCC(C)O1. The van der Waals surface area contributed by atoms with Gasteiger partial charge in [0.05, 0.1) is 12.2 Å². The van der Waals surface area contributed by atoms with Crippen molar-refractivity contribution in [2.75, 3.05) is 13.1 Å². The summed E-state index contributed by atoms with van der Waals surface area (Å²) in [5.41, 5.74) is 1.21. The van der Waals surface area contributed by atoms with Crippen LogP contribution in [0.5, 0.6) is 0 Å². The highest BCUT2D eigenvalue weighted by Gasteiger charge is 2.25. The molecule has 2 rings (SSSR count). The Bertz CT molecular complexity index is 406. The lowest BCUT2D eigenvalue weighted by atomic mass is 9.92. The van der Waals surface area contributed by atoms with Crippen LogP contribution in [0.15, 0.2) is 24.3 Å². The largest absolute Gasteiger partial charge is 0.375 e. The number of hydrogen-bond acceptors (Lipinski definition) is 2. The van der Waals surface area contributed by atoms with Crippen molar-refractivity contribution in [3.05, 3.63) is 35.6 Å². The average molecular weight is 293 g/mol. The van der Waals surface area contributed by atoms with E-state index in [1.165, 1.54) is 18.4 Å². The summed E-state index contributed by atoms with van der Waals surface area (Å²) in [7, 11) is 0. The molecular weight excluding hydrogens is 265 g/mol. The molecule has 3 unspecified atom stereocenters. The summed E-state index contributed by atoms with van der Waals surface area (Å²) >= 11 is 0. The Morgan fingerprint density at radius 1 is 1.29 bits per heavy atom. The van der Waals surface area contributed by atoms with E-state index in [0.717, 1.165) is 32.4 Å². The molecule has 0 aromatic heterocycles. The van der Waals surface area contributed by atoms with Crippen molar-refractivity contribution in [2.24, 2.45) is 5.92 Å². The summed E-state index contributed by atoms with van der Waals surface area (Å²) in [6.07, 6.45) is 6.40. The molecule has 3 atom stereocenters. The summed E-state index contributed by atoms with van der Waals surface area (Å²) < 4.78 is 19.0. The Kier molecular flexibility index (Phi) is 6.65. The van der Waals surface area contributed by atoms with Crippen molar-refractivity contribution in [1.29, 1.82) is 0 Å². The minimum Gasteiger partial charge on any atom is -0.375 e. The zero-order chi connectivity index (χ0) is 15.1. The Morgan fingerprint density at radius 3 is 2.67 bits per heavy atom. The molecule has 3 heteroatoms. The summed E-state index contributed by atoms with van der Waals surface area (Å²) in [6, 6.07) is 6.92. The number of halogens is 1. The third-order valence-corrected chi connectivity index (χ3v) is 4.21. The van der Waals surface area contributed by atoms with E-state index in [1.807, 2.05) is 12.1 Å². The van der Waals surface area contributed by atoms with Gasteiger partial charge in [0.15, 0.2) is 0 Å². The van der Waals surface area contributed by atoms with Gasteiger partial charge in [-0.25, -0.2) is 4.39 Å². The molecule has 2 nitrogen and oxygen atoms in total. The molecule has 1 aromatic carbocycles. The minimum absolute atomic E-state index is 0.160. The molecule has 118 valence electrons. The molecular formula is C18H28FNO. The zero-order valence-corrected chi connectivity index (χ0v) is 13.3. The molecule has 0 amide bonds. The van der Waals surface area contributed by atoms with Crippen LogP contribution in [-0.4, -0.2) is 25.3 Å². The third kappa shape index (κ3) is 5.76. The van der Waals surface area contributed by atoms with E-state index in [9.17, 15) is 4.39 Å². The molecule has 1 aliphatic rings. The van der Waals surface area contributed by atoms with E-state index in [-0.39, 0.29) is 5.82 Å². The van der Waals surface area contributed by atoms with Gasteiger partial charge in [0.1, 0.15) is 5.82 Å². The van der Waals surface area contributed by atoms with Crippen molar-refractivity contribution in [3.8, 4) is 0 Å². The highest BCUT2D eigenvalue weighted by atomic mass is 19.1. The zero-order valence-electron chi connectivity index (χ0n) is 13.3. The van der Waals surface area contributed by atoms with Gasteiger partial charge in [-0.15, -0.1) is 0 Å². The molecule has 1 heterocycles. The number of hydrogen-bond donors (Lipinski definition) is 1. The van der Waals surface area contributed by atoms with Gasteiger partial charge in [0.2, 0.25) is 0 Å². The van der Waals surface area contributed by atoms with Gasteiger partial charge < -0.3 is 10.1 Å². The summed E-state index contributed by atoms with van der Waals surface area (Å²) in [5, 5.41) is 3.52. The van der Waals surface area contributed by atoms with Crippen LogP contribution >= 0.6 is 0 Å². The lowest BCUT2D eigenvalue weighted by molar-refractivity contribution is 0.0408. The van der Waals surface area contributed by atoms with Gasteiger partial charge in [-0.2, -0.15) is 0 Å². The minimum atomic E-state index is -0.160. The molecule has 1 saturated heterocycles. The smallest absolute Gasteiger partial charge is 0.123 e. The second kappa shape index (κ2) is 8.50. The van der Waals surface area contributed by atoms with Crippen molar-refractivity contribution in [3.63, 3.8) is 0 Å². The second-order valence-electron chi connectivity index (χ2n) is 6.28. The molecule has 1 aromatic rings. The Balaban J connectivity index is 1.89. The van der Waals surface area contributed by atoms with E-state index in [2.05, 4.69) is 19.2 Å². The van der Waals surface area contributed by atoms with E-state index in [4.69, 9.17) is 4.74 Å². The van der Waals surface area contributed by atoms with E-state index >= 15 is 0 Å². The van der Waals surface area contributed by atoms with Crippen molar-refractivity contribution in [1.82, 2.24) is 5.32 Å². The van der Waals surface area contributed by atoms with Crippen LogP contribution in [0.3, 0.4) is 0 Å². The maximum absolute atomic E-state index is 13.0. The molecule has 1 aliphatic heterocycles. The lowest BCUT2D eigenvalue weighted by Gasteiger charge is -2.21. The molecule has 0 spiro atoms. The Morgan fingerprint density at radius 2 is 2.05 bits per heavy atom. The molecule has 0 bridgehead atoms. The highest BCUT2D eigenvalue weighted by Crippen LogP contribution is 2.26. The van der Waals surface area contributed by atoms with Crippen molar-refractivity contribution < 1.29 is 9.13 Å². The standard InChI is InChI=1S/C18H28FNO/c1-3-10-20-13-16(12-18-9-4-14(2)21-18)11-15-5-7-17(19)8-6-15/h5-8,14,16,18,20H,3-4,9-13H2,1-2H3. The van der Waals surface area contributed by atoms with Crippen LogP contribution in [0.2, 0.25) is 0 Å². The normalized spacial score (nSPS) is 23.4. The van der Waals surface area contributed by atoms with Gasteiger partial charge in [0.25, 0.3) is 0 Å². The highest BCUT2D eigenvalue weighted by molar-refractivity contribution is 5.16. The molecule has 0 saturated carbocycles. The Labute approximate surface area is 128 Å². The molecule has 0 aliphatic carbocycles. The second-order valence-corrected chi connectivity index (χ2v) is 6.28. The van der Waals surface area contributed by atoms with Crippen molar-refractivity contribution in [2.45, 2.75) is 58.2 Å². The fourth-order valence-electron chi connectivity index (χ4n) is 3.11. The predicted octanol–water partition coefficient (Wildman–Crippen LogP) is 3.94. The van der Waals surface area contributed by atoms with Crippen LogP contribution in [0.4, 0.5) is 4.39 Å². The van der Waals surface area contributed by atoms with E-state index in [1.54, 1.807) is 12.1 Å². The third-order valence-electron chi connectivity index (χ3n) is 4.21. The maximum Gasteiger partial charge on any atom is 0.123 e. The van der Waals surface area contributed by atoms with Gasteiger partial charge in [-0.3, -0.25) is 0 Å². The first kappa shape index (κ1) is 16.4. The van der Waals surface area contributed by atoms with Gasteiger partial charge in [-0.05, 0) is 75.7 Å². The number of nitrogens with one attached hydrogen (secondary N) is 1. The van der Waals surface area contributed by atoms with Gasteiger partial charge in [-0.1, -0.05) is 19.1 Å². The van der Waals surface area contributed by atoms with Gasteiger partial charge in [0, 0.05) is 0 Å². The summed E-state index contributed by atoms with van der Waals surface area (Å²) in [6.45, 7) is 6.41. The van der Waals surface area contributed by atoms with E-state index < -0.39 is 0 Å². The first-order chi connectivity index (χ1) is 10.2. The van der Waals surface area contributed by atoms with Gasteiger partial charge >= 0.3 is 0 Å². The number of ether oxygens (including phenoxy) is 1. The monoisotopic (exact) mass is 293 g/mol. The number of rotatable bonds is 8. The quantitative estimate of drug-likeness (QED) is 0.733. The van der Waals surface area contributed by atoms with Crippen LogP contribution in [-0.2, 0) is 11.2 Å². The van der Waals surface area contributed by atoms with Crippen LogP contribution in [0, 0.1) is 11.7 Å². The molecule has 1 N–H and O–H groups in total. The topological polar surface area (TPSA) is 21.3 Å². The Hall–Kier alpha value is -0.930. The predicted molar refractivity (Wildman–Crippen MR) is 84.9 cm³/mol. The summed E-state index contributed by atoms with van der Waals surface area (Å²) in [4.78, 5) is 0. The summed E-state index contributed by atoms with van der Waals surface area (Å²) in [5.74, 6) is 0.393. The average Bonchev–Trinajstić information content (AvgIpc) is 2.87. The molecule has 21 heavy (non-hydrogen) atoms. The fraction of sp³-hybridized carbons (Fsp3) is 0.667. The lowest BCUT2D eigenvalue weighted by Crippen LogP contribution is -2.28. The number of benzene rings is 1. The maximum atomic E-state index is 13.0. The van der Waals surface area contributed by atoms with Crippen molar-refractivity contribution >= 4 is 0 Å². The van der Waals surface area contributed by atoms with E-state index in [0.29, 0.717) is 18.1 Å². The first-order valence-corrected chi connectivity index (χ1v) is 8.28. The fourth-order valence-corrected chi connectivity index (χ4v) is 3.11. The first-order valence-electron chi connectivity index (χ1n) is 8.28. The molecule has 0 radical (unpaired) electrons.